The van der Waals surface area contributed by atoms with Crippen molar-refractivity contribution in [1.82, 2.24) is 5.32 Å². The Hall–Kier alpha value is -1.27. The van der Waals surface area contributed by atoms with Gasteiger partial charge in [0.15, 0.2) is 9.84 Å². The maximum Gasteiger partial charge on any atom is 0.173 e. The van der Waals surface area contributed by atoms with Crippen molar-refractivity contribution in [3.05, 3.63) is 46.9 Å². The molecular weight excluding hydrogens is 248 g/mol. The average Bonchev–Trinajstić information content (AvgIpc) is 2.60. The Balaban J connectivity index is 1.99. The first-order chi connectivity index (χ1) is 7.96. The maximum atomic E-state index is 13.3. The van der Waals surface area contributed by atoms with Crippen molar-refractivity contribution in [2.75, 3.05) is 5.75 Å². The normalized spacial score (nSPS) is 21.9. The van der Waals surface area contributed by atoms with Crippen molar-refractivity contribution in [3.8, 4) is 0 Å². The Morgan fingerprint density at radius 3 is 2.76 bits per heavy atom. The lowest BCUT2D eigenvalue weighted by Crippen LogP contribution is -2.29. The molecule has 1 N–H and O–H groups in total. The molecule has 17 heavy (non-hydrogen) atoms. The molecule has 0 saturated heterocycles. The molecule has 1 atom stereocenters. The molecule has 0 aliphatic carbocycles. The van der Waals surface area contributed by atoms with Crippen LogP contribution < -0.4 is 5.32 Å². The van der Waals surface area contributed by atoms with Crippen molar-refractivity contribution in [3.63, 3.8) is 0 Å². The summed E-state index contributed by atoms with van der Waals surface area (Å²) in [6.45, 7) is 0.0914. The molecule has 0 aromatic heterocycles. The van der Waals surface area contributed by atoms with Crippen LogP contribution in [0.5, 0.6) is 0 Å². The van der Waals surface area contributed by atoms with Crippen LogP contribution in [-0.2, 0) is 16.4 Å². The van der Waals surface area contributed by atoms with E-state index in [1.165, 1.54) is 6.08 Å². The van der Waals surface area contributed by atoms with Crippen molar-refractivity contribution < 1.29 is 17.2 Å². The molecule has 0 bridgehead atoms. The van der Waals surface area contributed by atoms with Gasteiger partial charge >= 0.3 is 0 Å². The molecule has 1 heterocycles. The highest BCUT2D eigenvalue weighted by Crippen LogP contribution is 2.12. The monoisotopic (exact) mass is 259 g/mol. The van der Waals surface area contributed by atoms with Gasteiger partial charge in [-0.05, 0) is 18.2 Å². The second kappa shape index (κ2) is 4.54. The van der Waals surface area contributed by atoms with Crippen molar-refractivity contribution in [2.45, 2.75) is 12.6 Å². The maximum absolute atomic E-state index is 13.3. The molecule has 0 radical (unpaired) electrons. The van der Waals surface area contributed by atoms with Crippen LogP contribution in [0.15, 0.2) is 29.7 Å². The van der Waals surface area contributed by atoms with Crippen LogP contribution in [0.1, 0.15) is 5.56 Å². The standard InChI is InChI=1S/C11H11F2NO2S/c12-9-1-2-11(13)8(5-9)6-14-10-3-4-17(15,16)7-10/h1-5,10,14H,6-7H2. The first-order valence-corrected chi connectivity index (χ1v) is 6.76. The van der Waals surface area contributed by atoms with Gasteiger partial charge in [-0.3, -0.25) is 0 Å². The zero-order valence-electron chi connectivity index (χ0n) is 8.86. The van der Waals surface area contributed by atoms with Crippen LogP contribution in [-0.4, -0.2) is 20.2 Å². The first kappa shape index (κ1) is 12.2. The van der Waals surface area contributed by atoms with Crippen molar-refractivity contribution in [1.29, 1.82) is 0 Å². The summed E-state index contributed by atoms with van der Waals surface area (Å²) < 4.78 is 48.3. The molecule has 1 aliphatic heterocycles. The summed E-state index contributed by atoms with van der Waals surface area (Å²) in [5.41, 5.74) is 0.183. The predicted molar refractivity (Wildman–Crippen MR) is 59.9 cm³/mol. The summed E-state index contributed by atoms with van der Waals surface area (Å²) >= 11 is 0. The molecule has 0 spiro atoms. The summed E-state index contributed by atoms with van der Waals surface area (Å²) in [5.74, 6) is -1.06. The summed E-state index contributed by atoms with van der Waals surface area (Å²) in [5, 5.41) is 3.98. The number of benzene rings is 1. The van der Waals surface area contributed by atoms with E-state index in [0.29, 0.717) is 0 Å². The van der Waals surface area contributed by atoms with E-state index in [2.05, 4.69) is 5.32 Å². The SMILES string of the molecule is O=S1(=O)C=CC(NCc2cc(F)ccc2F)C1. The lowest BCUT2D eigenvalue weighted by Gasteiger charge is -2.10. The lowest BCUT2D eigenvalue weighted by atomic mass is 10.2. The van der Waals surface area contributed by atoms with Gasteiger partial charge in [-0.1, -0.05) is 6.08 Å². The number of nitrogens with one attached hydrogen (secondary N) is 1. The molecule has 0 saturated carbocycles. The third kappa shape index (κ3) is 3.10. The van der Waals surface area contributed by atoms with Gasteiger partial charge in [0.05, 0.1) is 5.75 Å². The molecule has 1 aromatic rings. The summed E-state index contributed by atoms with van der Waals surface area (Å²) in [7, 11) is -3.13. The van der Waals surface area contributed by atoms with Crippen LogP contribution in [0.25, 0.3) is 0 Å². The average molecular weight is 259 g/mol. The molecule has 1 unspecified atom stereocenters. The van der Waals surface area contributed by atoms with Crippen LogP contribution in [0.4, 0.5) is 8.78 Å². The van der Waals surface area contributed by atoms with E-state index in [-0.39, 0.29) is 23.9 Å². The lowest BCUT2D eigenvalue weighted by molar-refractivity contribution is 0.556. The van der Waals surface area contributed by atoms with Gasteiger partial charge in [0.1, 0.15) is 11.6 Å². The molecule has 92 valence electrons. The fraction of sp³-hybridized carbons (Fsp3) is 0.273. The zero-order valence-corrected chi connectivity index (χ0v) is 9.68. The summed E-state index contributed by atoms with van der Waals surface area (Å²) in [6, 6.07) is 2.84. The molecule has 1 aliphatic rings. The minimum Gasteiger partial charge on any atom is -0.305 e. The Bertz CT molecular complexity index is 555. The van der Waals surface area contributed by atoms with E-state index in [1.54, 1.807) is 0 Å². The highest BCUT2D eigenvalue weighted by Gasteiger charge is 2.21. The smallest absolute Gasteiger partial charge is 0.173 e. The Labute approximate surface area is 98.1 Å². The molecule has 0 amide bonds. The number of rotatable bonds is 3. The zero-order chi connectivity index (χ0) is 12.5. The quantitative estimate of drug-likeness (QED) is 0.891. The Kier molecular flexibility index (Phi) is 3.26. The van der Waals surface area contributed by atoms with Gasteiger partial charge in [-0.25, -0.2) is 17.2 Å². The molecule has 6 heteroatoms. The highest BCUT2D eigenvalue weighted by molar-refractivity contribution is 7.94. The first-order valence-electron chi connectivity index (χ1n) is 5.04. The van der Waals surface area contributed by atoms with Crippen LogP contribution in [0.2, 0.25) is 0 Å². The second-order valence-electron chi connectivity index (χ2n) is 3.88. The van der Waals surface area contributed by atoms with Crippen molar-refractivity contribution >= 4 is 9.84 Å². The van der Waals surface area contributed by atoms with Gasteiger partial charge in [-0.2, -0.15) is 0 Å². The number of sulfone groups is 1. The predicted octanol–water partition coefficient (Wildman–Crippen LogP) is 1.37. The van der Waals surface area contributed by atoms with E-state index in [0.717, 1.165) is 23.6 Å². The van der Waals surface area contributed by atoms with Crippen LogP contribution >= 0.6 is 0 Å². The minimum atomic E-state index is -3.13. The summed E-state index contributed by atoms with van der Waals surface area (Å²) in [6.07, 6.45) is 1.51. The van der Waals surface area contributed by atoms with Gasteiger partial charge < -0.3 is 5.32 Å². The van der Waals surface area contributed by atoms with Crippen LogP contribution in [0.3, 0.4) is 0 Å². The fourth-order valence-corrected chi connectivity index (χ4v) is 2.89. The fourth-order valence-electron chi connectivity index (χ4n) is 1.62. The van der Waals surface area contributed by atoms with Gasteiger partial charge in [0, 0.05) is 23.6 Å². The largest absolute Gasteiger partial charge is 0.305 e. The van der Waals surface area contributed by atoms with E-state index in [1.807, 2.05) is 0 Å². The van der Waals surface area contributed by atoms with Gasteiger partial charge in [-0.15, -0.1) is 0 Å². The molecule has 2 rings (SSSR count). The molecule has 3 nitrogen and oxygen atoms in total. The third-order valence-electron chi connectivity index (χ3n) is 2.49. The minimum absolute atomic E-state index is 0.0378. The molecule has 1 aromatic carbocycles. The third-order valence-corrected chi connectivity index (χ3v) is 3.89. The second-order valence-corrected chi connectivity index (χ2v) is 5.81. The summed E-state index contributed by atoms with van der Waals surface area (Å²) in [4.78, 5) is 0. The topological polar surface area (TPSA) is 46.2 Å². The number of hydrogen-bond acceptors (Lipinski definition) is 3. The molecule has 0 fully saturated rings. The number of hydrogen-bond donors (Lipinski definition) is 1. The van der Waals surface area contributed by atoms with E-state index < -0.39 is 21.5 Å². The van der Waals surface area contributed by atoms with E-state index in [9.17, 15) is 17.2 Å². The Morgan fingerprint density at radius 2 is 2.12 bits per heavy atom. The van der Waals surface area contributed by atoms with E-state index in [4.69, 9.17) is 0 Å². The van der Waals surface area contributed by atoms with E-state index >= 15 is 0 Å². The highest BCUT2D eigenvalue weighted by atomic mass is 32.2. The van der Waals surface area contributed by atoms with Gasteiger partial charge in [0.2, 0.25) is 0 Å². The Morgan fingerprint density at radius 1 is 1.35 bits per heavy atom. The number of halogens is 2. The van der Waals surface area contributed by atoms with Gasteiger partial charge in [0.25, 0.3) is 0 Å². The molecular formula is C11H11F2NO2S. The van der Waals surface area contributed by atoms with Crippen LogP contribution in [0, 0.1) is 11.6 Å². The van der Waals surface area contributed by atoms with Crippen molar-refractivity contribution in [2.24, 2.45) is 0 Å².